The van der Waals surface area contributed by atoms with E-state index in [0.29, 0.717) is 42.2 Å². The maximum atomic E-state index is 12.6. The van der Waals surface area contributed by atoms with Gasteiger partial charge in [0.1, 0.15) is 53.5 Å². The van der Waals surface area contributed by atoms with Gasteiger partial charge in [-0.2, -0.15) is 0 Å². The van der Waals surface area contributed by atoms with Crippen LogP contribution in [0.25, 0.3) is 11.1 Å². The van der Waals surface area contributed by atoms with Crippen molar-refractivity contribution < 1.29 is 44.3 Å². The molecule has 0 bridgehead atoms. The monoisotopic (exact) mass is 986 g/mol. The van der Waals surface area contributed by atoms with Gasteiger partial charge in [0, 0.05) is 54.6 Å². The number of aryl methyl sites for hydroxylation is 1. The lowest BCUT2D eigenvalue weighted by Gasteiger charge is -2.49. The number of β-lactam (4-membered cyclic amide) rings is 1. The summed E-state index contributed by atoms with van der Waals surface area (Å²) < 4.78 is 7.71. The number of aliphatic hydroxyl groups is 3. The third kappa shape index (κ3) is 12.7. The smallest absolute Gasteiger partial charge is 0.352 e. The molecule has 7 N–H and O–H groups in total. The van der Waals surface area contributed by atoms with Crippen LogP contribution >= 0.6 is 34.9 Å². The summed E-state index contributed by atoms with van der Waals surface area (Å²) in [4.78, 5) is 48.8. The molecule has 9 rings (SSSR count). The number of thioether (sulfide) groups is 2. The minimum absolute atomic E-state index is 0.0153. The summed E-state index contributed by atoms with van der Waals surface area (Å²) in [6, 6.07) is 19.4. The summed E-state index contributed by atoms with van der Waals surface area (Å²) in [5.74, 6) is -0.537. The Kier molecular flexibility index (Phi) is 16.3. The van der Waals surface area contributed by atoms with Gasteiger partial charge in [-0.15, -0.1) is 27.1 Å². The molecule has 360 valence electrons. The molecule has 2 aliphatic heterocycles. The van der Waals surface area contributed by atoms with E-state index in [1.54, 1.807) is 0 Å². The van der Waals surface area contributed by atoms with Crippen molar-refractivity contribution in [3.63, 3.8) is 0 Å². The van der Waals surface area contributed by atoms with Gasteiger partial charge in [-0.1, -0.05) is 65.6 Å². The fourth-order valence-corrected chi connectivity index (χ4v) is 11.2. The first-order valence-electron chi connectivity index (χ1n) is 21.8. The second-order valence-corrected chi connectivity index (χ2v) is 21.0. The largest absolute Gasteiger partial charge is 0.491 e. The van der Waals surface area contributed by atoms with Gasteiger partial charge in [-0.3, -0.25) is 19.3 Å². The number of carboxylic acid groups (broad SMARTS) is 1. The van der Waals surface area contributed by atoms with Crippen LogP contribution in [0.1, 0.15) is 55.0 Å². The van der Waals surface area contributed by atoms with Crippen molar-refractivity contribution >= 4 is 64.2 Å². The molecule has 3 amide bonds. The van der Waals surface area contributed by atoms with E-state index in [-0.39, 0.29) is 30.3 Å². The molecule has 68 heavy (non-hydrogen) atoms. The molecule has 4 heterocycles. The molecular formula is C46H54N10O9S3. The summed E-state index contributed by atoms with van der Waals surface area (Å²) in [6.45, 7) is 10.0. The molecule has 0 radical (unpaired) electrons. The topological polar surface area (TPSA) is 267 Å². The first-order chi connectivity index (χ1) is 32.4. The van der Waals surface area contributed by atoms with Crippen LogP contribution in [0.5, 0.6) is 5.75 Å². The zero-order valence-corrected chi connectivity index (χ0v) is 40.5. The number of hydrogen-bond donors (Lipinski definition) is 7. The number of hydrogen-bond acceptors (Lipinski definition) is 17. The molecular weight excluding hydrogens is 933 g/mol. The number of β-amino-alcohol motifs (C(OH)–C–C–N with tert-alkyl or cyclic N) is 1. The van der Waals surface area contributed by atoms with E-state index in [2.05, 4.69) is 78.1 Å². The van der Waals surface area contributed by atoms with Gasteiger partial charge in [-0.05, 0) is 96.1 Å². The lowest BCUT2D eigenvalue weighted by Crippen LogP contribution is -2.70. The number of nitrogens with zero attached hydrogens (tertiary/aromatic N) is 7. The predicted molar refractivity (Wildman–Crippen MR) is 257 cm³/mol. The van der Waals surface area contributed by atoms with Gasteiger partial charge >= 0.3 is 5.97 Å². The highest BCUT2D eigenvalue weighted by Gasteiger charge is 2.54. The van der Waals surface area contributed by atoms with E-state index in [1.165, 1.54) is 79.9 Å². The Bertz CT molecular complexity index is 2660. The number of ether oxygens (including phenoxy) is 1. The number of anilines is 1. The van der Waals surface area contributed by atoms with Crippen LogP contribution < -0.4 is 20.7 Å². The molecule has 1 unspecified atom stereocenters. The van der Waals surface area contributed by atoms with Crippen molar-refractivity contribution in [2.45, 2.75) is 100 Å². The van der Waals surface area contributed by atoms with Crippen LogP contribution in [0, 0.1) is 6.92 Å². The Balaban J connectivity index is 0.000000157. The molecule has 19 nitrogen and oxygen atoms in total. The van der Waals surface area contributed by atoms with E-state index in [9.17, 15) is 39.6 Å². The summed E-state index contributed by atoms with van der Waals surface area (Å²) in [6.07, 6.45) is 0.977. The van der Waals surface area contributed by atoms with Crippen LogP contribution in [0.15, 0.2) is 82.6 Å². The zero-order chi connectivity index (χ0) is 48.7. The average Bonchev–Trinajstić information content (AvgIpc) is 4.06. The second-order valence-electron chi connectivity index (χ2n) is 17.5. The normalized spacial score (nSPS) is 19.4. The zero-order valence-electron chi connectivity index (χ0n) is 38.1. The summed E-state index contributed by atoms with van der Waals surface area (Å²) in [5.41, 5.74) is 8.64. The Labute approximate surface area is 405 Å². The summed E-state index contributed by atoms with van der Waals surface area (Å²) in [5, 5.41) is 66.7. The van der Waals surface area contributed by atoms with E-state index in [0.717, 1.165) is 32.6 Å². The van der Waals surface area contributed by atoms with Crippen molar-refractivity contribution in [1.82, 2.24) is 45.9 Å². The number of amides is 3. The molecule has 2 aromatic heterocycles. The predicted octanol–water partition coefficient (Wildman–Crippen LogP) is 3.21. The Morgan fingerprint density at radius 2 is 1.74 bits per heavy atom. The van der Waals surface area contributed by atoms with Gasteiger partial charge in [-0.25, -0.2) is 9.48 Å². The molecule has 1 saturated heterocycles. The Hall–Kier alpha value is -5.75. The highest BCUT2D eigenvalue weighted by Crippen LogP contribution is 2.42. The SMILES string of the molecule is CC(=O)Nc1ccc2c(c1)Cc1ccccc1-2.CC(C)(C)NCC(O)COc1cccc2c1C[C@H](O)[C@H](O)C2.Cc1nnc(SCC2=C(C(=O)O)N3C(=O)[C@@H](NC(=O)Cn4cnnn4)[C@H]3SC2)s1. The number of rotatable bonds is 13. The van der Waals surface area contributed by atoms with Gasteiger partial charge in [0.25, 0.3) is 5.91 Å². The molecule has 1 fully saturated rings. The summed E-state index contributed by atoms with van der Waals surface area (Å²) >= 11 is 4.24. The maximum absolute atomic E-state index is 12.6. The maximum Gasteiger partial charge on any atom is 0.352 e. The van der Waals surface area contributed by atoms with E-state index < -0.39 is 47.5 Å². The number of aliphatic carboxylic acids is 1. The van der Waals surface area contributed by atoms with Crippen LogP contribution in [-0.2, 0) is 45.0 Å². The number of carbonyl (C=O) groups is 4. The molecule has 5 aromatic rings. The minimum Gasteiger partial charge on any atom is -0.491 e. The van der Waals surface area contributed by atoms with E-state index >= 15 is 0 Å². The number of aliphatic hydroxyl groups excluding tert-OH is 3. The fraction of sp³-hybridized carbons (Fsp3) is 0.413. The van der Waals surface area contributed by atoms with Crippen LogP contribution in [0.4, 0.5) is 5.69 Å². The number of carbonyl (C=O) groups excluding carboxylic acids is 3. The minimum atomic E-state index is -1.16. The number of benzene rings is 3. The van der Waals surface area contributed by atoms with Gasteiger partial charge in [0.15, 0.2) is 4.34 Å². The van der Waals surface area contributed by atoms with Crippen LogP contribution in [-0.4, -0.2) is 139 Å². The molecule has 4 aliphatic rings. The molecule has 3 aromatic carbocycles. The highest BCUT2D eigenvalue weighted by atomic mass is 32.2. The molecule has 22 heteroatoms. The third-order valence-corrected chi connectivity index (χ3v) is 14.5. The van der Waals surface area contributed by atoms with Gasteiger partial charge in [0.2, 0.25) is 11.8 Å². The quantitative estimate of drug-likeness (QED) is 0.0647. The second kappa shape index (κ2) is 22.1. The molecule has 0 spiro atoms. The first-order valence-corrected chi connectivity index (χ1v) is 24.6. The number of aromatic nitrogens is 6. The standard InChI is InChI=1S/C17H27NO4.C15H13NO.C14H14N8O4S3/c1-17(2,3)18-9-12(19)10-22-16-6-4-5-11-7-14(20)15(21)8-13(11)16;1-10(17)16-13-6-7-15-12(9-13)8-11-4-2-3-5-14(11)15;1-6-17-18-14(29-6)28-4-7-3-27-12-9(11(24)22(12)10(7)13(25)26)16-8(23)2-21-5-15-19-20-21/h4-6,12,14-15,18-21H,7-10H2,1-3H3;2-7,9H,8H2,1H3,(H,16,17);5,9,12H,2-4H2,1H3,(H,16,23)(H,25,26)/t12?,14-,15+;;9-,12-/m1.1/s1. The van der Waals surface area contributed by atoms with Gasteiger partial charge < -0.3 is 41.1 Å². The van der Waals surface area contributed by atoms with Crippen LogP contribution in [0.2, 0.25) is 0 Å². The highest BCUT2D eigenvalue weighted by molar-refractivity contribution is 8.01. The van der Waals surface area contributed by atoms with Crippen molar-refractivity contribution in [2.75, 3.05) is 30.0 Å². The third-order valence-electron chi connectivity index (χ3n) is 11.1. The van der Waals surface area contributed by atoms with Crippen molar-refractivity contribution in [1.29, 1.82) is 0 Å². The Morgan fingerprint density at radius 1 is 0.985 bits per heavy atom. The number of carboxylic acids is 1. The number of tetrazole rings is 1. The Morgan fingerprint density at radius 3 is 2.44 bits per heavy atom. The lowest BCUT2D eigenvalue weighted by molar-refractivity contribution is -0.150. The number of fused-ring (bicyclic) bond motifs is 5. The average molecular weight is 987 g/mol. The fourth-order valence-electron chi connectivity index (χ4n) is 7.87. The van der Waals surface area contributed by atoms with E-state index in [4.69, 9.17) is 4.74 Å². The molecule has 5 atom stereocenters. The molecule has 0 saturated carbocycles. The van der Waals surface area contributed by atoms with Crippen molar-refractivity contribution in [3.05, 3.63) is 106 Å². The first kappa shape index (κ1) is 50.1. The van der Waals surface area contributed by atoms with E-state index in [1.807, 2.05) is 52.0 Å². The lowest BCUT2D eigenvalue weighted by atomic mass is 9.87. The van der Waals surface area contributed by atoms with Crippen molar-refractivity contribution in [3.8, 4) is 16.9 Å². The molecule has 2 aliphatic carbocycles. The summed E-state index contributed by atoms with van der Waals surface area (Å²) in [7, 11) is 0. The number of nitrogens with one attached hydrogen (secondary N) is 3. The van der Waals surface area contributed by atoms with Crippen molar-refractivity contribution in [2.24, 2.45) is 0 Å². The van der Waals surface area contributed by atoms with Gasteiger partial charge in [0.05, 0.1) is 12.2 Å². The van der Waals surface area contributed by atoms with Crippen LogP contribution in [0.3, 0.4) is 0 Å².